The van der Waals surface area contributed by atoms with Gasteiger partial charge in [0, 0.05) is 56.2 Å². The van der Waals surface area contributed by atoms with Gasteiger partial charge in [0.25, 0.3) is 5.91 Å². The van der Waals surface area contributed by atoms with E-state index in [0.717, 1.165) is 50.2 Å². The molecule has 1 amide bonds. The van der Waals surface area contributed by atoms with Crippen molar-refractivity contribution in [1.82, 2.24) is 14.7 Å². The Morgan fingerprint density at radius 2 is 1.83 bits per heavy atom. The van der Waals surface area contributed by atoms with E-state index in [0.29, 0.717) is 6.04 Å². The Labute approximate surface area is 149 Å². The van der Waals surface area contributed by atoms with Crippen molar-refractivity contribution in [3.8, 4) is 0 Å². The highest BCUT2D eigenvalue weighted by Gasteiger charge is 2.31. The van der Waals surface area contributed by atoms with Crippen LogP contribution in [0, 0.1) is 0 Å². The predicted molar refractivity (Wildman–Crippen MR) is 98.4 cm³/mol. The van der Waals surface area contributed by atoms with Crippen LogP contribution in [0.3, 0.4) is 0 Å². The third-order valence-electron chi connectivity index (χ3n) is 6.00. The van der Waals surface area contributed by atoms with Gasteiger partial charge >= 0.3 is 0 Å². The van der Waals surface area contributed by atoms with Crippen molar-refractivity contribution < 1.29 is 4.79 Å². The molecule has 0 unspecified atom stereocenters. The normalized spacial score (nSPS) is 23.4. The van der Waals surface area contributed by atoms with Gasteiger partial charge in [0.15, 0.2) is 0 Å². The van der Waals surface area contributed by atoms with E-state index in [1.54, 1.807) is 11.3 Å². The third-order valence-corrected chi connectivity index (χ3v) is 7.15. The van der Waals surface area contributed by atoms with Crippen molar-refractivity contribution >= 4 is 17.2 Å². The van der Waals surface area contributed by atoms with Gasteiger partial charge in [-0.1, -0.05) is 12.8 Å². The summed E-state index contributed by atoms with van der Waals surface area (Å²) in [5, 5.41) is 0. The summed E-state index contributed by atoms with van der Waals surface area (Å²) in [5.74, 6) is 0.255. The molecule has 1 aliphatic carbocycles. The van der Waals surface area contributed by atoms with Crippen LogP contribution >= 0.6 is 11.3 Å². The molecule has 4 rings (SSSR count). The number of nitrogens with zero attached hydrogens (tertiary/aromatic N) is 3. The summed E-state index contributed by atoms with van der Waals surface area (Å²) >= 11 is 1.75. The van der Waals surface area contributed by atoms with Crippen molar-refractivity contribution in [2.75, 3.05) is 26.2 Å². The monoisotopic (exact) mass is 347 g/mol. The van der Waals surface area contributed by atoms with Crippen LogP contribution < -0.4 is 0 Å². The van der Waals surface area contributed by atoms with Gasteiger partial charge in [0.2, 0.25) is 0 Å². The molecule has 1 saturated heterocycles. The SMILES string of the molecule is CC(C)N1CCN(C(=O)c2cc3c(s2)CN(C2CCCC2)C3)CC1. The lowest BCUT2D eigenvalue weighted by Gasteiger charge is -2.36. The zero-order chi connectivity index (χ0) is 16.7. The molecule has 0 atom stereocenters. The highest BCUT2D eigenvalue weighted by molar-refractivity contribution is 7.14. The second-order valence-electron chi connectivity index (χ2n) is 7.82. The third kappa shape index (κ3) is 3.14. The Kier molecular flexibility index (Phi) is 4.67. The number of fused-ring (bicyclic) bond motifs is 1. The number of carbonyl (C=O) groups excluding carboxylic acids is 1. The molecule has 4 nitrogen and oxygen atoms in total. The van der Waals surface area contributed by atoms with Gasteiger partial charge in [-0.3, -0.25) is 14.6 Å². The minimum atomic E-state index is 0.255. The molecule has 0 bridgehead atoms. The number of hydrogen-bond donors (Lipinski definition) is 0. The van der Waals surface area contributed by atoms with Crippen LogP contribution in [0.5, 0.6) is 0 Å². The molecule has 1 aromatic heterocycles. The standard InChI is InChI=1S/C19H29N3OS/c1-14(2)20-7-9-21(10-8-20)19(23)17-11-15-12-22(13-18(15)24-17)16-5-3-4-6-16/h11,14,16H,3-10,12-13H2,1-2H3. The maximum atomic E-state index is 12.8. The Morgan fingerprint density at radius 1 is 1.12 bits per heavy atom. The summed E-state index contributed by atoms with van der Waals surface area (Å²) in [5.41, 5.74) is 1.41. The van der Waals surface area contributed by atoms with E-state index < -0.39 is 0 Å². The smallest absolute Gasteiger partial charge is 0.264 e. The maximum absolute atomic E-state index is 12.8. The van der Waals surface area contributed by atoms with Gasteiger partial charge in [-0.2, -0.15) is 0 Å². The highest BCUT2D eigenvalue weighted by atomic mass is 32.1. The largest absolute Gasteiger partial charge is 0.335 e. The molecule has 0 N–H and O–H groups in total. The second-order valence-corrected chi connectivity index (χ2v) is 8.96. The summed E-state index contributed by atoms with van der Waals surface area (Å²) in [6, 6.07) is 3.55. The summed E-state index contributed by atoms with van der Waals surface area (Å²) in [6.45, 7) is 10.3. The fourth-order valence-electron chi connectivity index (χ4n) is 4.42. The van der Waals surface area contributed by atoms with Crippen LogP contribution in [-0.4, -0.2) is 58.9 Å². The van der Waals surface area contributed by atoms with Crippen molar-refractivity contribution in [3.05, 3.63) is 21.4 Å². The molecular weight excluding hydrogens is 318 g/mol. The number of hydrogen-bond acceptors (Lipinski definition) is 4. The minimum absolute atomic E-state index is 0.255. The van der Waals surface area contributed by atoms with Crippen LogP contribution in [0.1, 0.15) is 59.6 Å². The molecule has 2 fully saturated rings. The number of amides is 1. The minimum Gasteiger partial charge on any atom is -0.335 e. The van der Waals surface area contributed by atoms with Gasteiger partial charge in [-0.15, -0.1) is 11.3 Å². The second kappa shape index (κ2) is 6.77. The molecule has 5 heteroatoms. The highest BCUT2D eigenvalue weighted by Crippen LogP contribution is 2.36. The zero-order valence-electron chi connectivity index (χ0n) is 15.0. The lowest BCUT2D eigenvalue weighted by atomic mass is 10.2. The summed E-state index contributed by atoms with van der Waals surface area (Å²) in [4.78, 5) is 22.4. The summed E-state index contributed by atoms with van der Waals surface area (Å²) < 4.78 is 0. The predicted octanol–water partition coefficient (Wildman–Crippen LogP) is 3.17. The first-order valence-corrected chi connectivity index (χ1v) is 10.3. The maximum Gasteiger partial charge on any atom is 0.264 e. The number of piperazine rings is 1. The molecule has 3 heterocycles. The zero-order valence-corrected chi connectivity index (χ0v) is 15.8. The summed E-state index contributed by atoms with van der Waals surface area (Å²) in [6.07, 6.45) is 5.50. The molecule has 3 aliphatic rings. The van der Waals surface area contributed by atoms with E-state index in [9.17, 15) is 4.79 Å². The first-order chi connectivity index (χ1) is 11.6. The molecule has 0 radical (unpaired) electrons. The molecule has 0 spiro atoms. The van der Waals surface area contributed by atoms with Crippen molar-refractivity contribution in [2.45, 2.75) is 64.7 Å². The Morgan fingerprint density at radius 3 is 2.46 bits per heavy atom. The lowest BCUT2D eigenvalue weighted by Crippen LogP contribution is -2.50. The molecule has 2 aliphatic heterocycles. The van der Waals surface area contributed by atoms with Crippen LogP contribution in [0.2, 0.25) is 0 Å². The number of rotatable bonds is 3. The molecule has 132 valence electrons. The first kappa shape index (κ1) is 16.6. The van der Waals surface area contributed by atoms with Gasteiger partial charge in [-0.05, 0) is 38.3 Å². The molecular formula is C19H29N3OS. The fraction of sp³-hybridized carbons (Fsp3) is 0.737. The van der Waals surface area contributed by atoms with Crippen molar-refractivity contribution in [1.29, 1.82) is 0 Å². The van der Waals surface area contributed by atoms with E-state index in [2.05, 4.69) is 34.6 Å². The van der Waals surface area contributed by atoms with E-state index in [-0.39, 0.29) is 5.91 Å². The van der Waals surface area contributed by atoms with Gasteiger partial charge in [0.1, 0.15) is 0 Å². The van der Waals surface area contributed by atoms with E-state index >= 15 is 0 Å². The van der Waals surface area contributed by atoms with Crippen molar-refractivity contribution in [2.24, 2.45) is 0 Å². The van der Waals surface area contributed by atoms with E-state index in [1.807, 2.05) is 0 Å². The Balaban J connectivity index is 1.37. The van der Waals surface area contributed by atoms with Crippen LogP contribution in [0.25, 0.3) is 0 Å². The molecule has 0 aromatic carbocycles. The van der Waals surface area contributed by atoms with Gasteiger partial charge in [-0.25, -0.2) is 0 Å². The van der Waals surface area contributed by atoms with Crippen LogP contribution in [0.4, 0.5) is 0 Å². The van der Waals surface area contributed by atoms with Crippen LogP contribution in [-0.2, 0) is 13.1 Å². The van der Waals surface area contributed by atoms with E-state index in [1.165, 1.54) is 36.1 Å². The average molecular weight is 348 g/mol. The molecule has 24 heavy (non-hydrogen) atoms. The lowest BCUT2D eigenvalue weighted by molar-refractivity contribution is 0.0600. The Hall–Kier alpha value is -0.910. The number of carbonyl (C=O) groups is 1. The Bertz CT molecular complexity index is 574. The van der Waals surface area contributed by atoms with Crippen LogP contribution in [0.15, 0.2) is 6.07 Å². The van der Waals surface area contributed by atoms with Gasteiger partial charge < -0.3 is 4.90 Å². The van der Waals surface area contributed by atoms with E-state index in [4.69, 9.17) is 0 Å². The number of thiophene rings is 1. The molecule has 1 aromatic rings. The fourth-order valence-corrected chi connectivity index (χ4v) is 5.59. The summed E-state index contributed by atoms with van der Waals surface area (Å²) in [7, 11) is 0. The molecule has 1 saturated carbocycles. The first-order valence-electron chi connectivity index (χ1n) is 9.51. The average Bonchev–Trinajstić information content (AvgIpc) is 3.29. The van der Waals surface area contributed by atoms with Gasteiger partial charge in [0.05, 0.1) is 4.88 Å². The quantitative estimate of drug-likeness (QED) is 0.840. The topological polar surface area (TPSA) is 26.8 Å². The van der Waals surface area contributed by atoms with Crippen molar-refractivity contribution in [3.63, 3.8) is 0 Å².